The molecule has 0 bridgehead atoms. The normalized spacial score (nSPS) is 24.4. The number of benzene rings is 1. The van der Waals surface area contributed by atoms with E-state index in [0.29, 0.717) is 16.4 Å². The summed E-state index contributed by atoms with van der Waals surface area (Å²) in [6.45, 7) is 6.30. The summed E-state index contributed by atoms with van der Waals surface area (Å²) in [5.41, 5.74) is 1.14. The van der Waals surface area contributed by atoms with Crippen LogP contribution in [0.1, 0.15) is 25.8 Å². The maximum absolute atomic E-state index is 10.9. The van der Waals surface area contributed by atoms with E-state index in [0.717, 1.165) is 18.7 Å². The van der Waals surface area contributed by atoms with E-state index in [2.05, 4.69) is 34.7 Å². The van der Waals surface area contributed by atoms with Gasteiger partial charge in [-0.05, 0) is 40.8 Å². The van der Waals surface area contributed by atoms with Crippen LogP contribution in [0, 0.1) is 16.0 Å². The van der Waals surface area contributed by atoms with Gasteiger partial charge < -0.3 is 0 Å². The minimum absolute atomic E-state index is 0.146. The molecule has 0 saturated carbocycles. The Morgan fingerprint density at radius 2 is 2.22 bits per heavy atom. The fourth-order valence-corrected chi connectivity index (χ4v) is 3.19. The van der Waals surface area contributed by atoms with Crippen molar-refractivity contribution in [2.75, 3.05) is 6.54 Å². The second kappa shape index (κ2) is 5.36. The highest BCUT2D eigenvalue weighted by Gasteiger charge is 2.27. The molecule has 2 rings (SSSR count). The molecule has 18 heavy (non-hydrogen) atoms. The zero-order valence-electron chi connectivity index (χ0n) is 10.6. The molecule has 0 spiro atoms. The highest BCUT2D eigenvalue weighted by Crippen LogP contribution is 2.31. The van der Waals surface area contributed by atoms with Gasteiger partial charge in [-0.25, -0.2) is 0 Å². The molecular weight excluding hydrogens is 296 g/mol. The van der Waals surface area contributed by atoms with Gasteiger partial charge in [-0.1, -0.05) is 19.1 Å². The van der Waals surface area contributed by atoms with Crippen LogP contribution in [0.3, 0.4) is 0 Å². The second-order valence-corrected chi connectivity index (χ2v) is 5.92. The number of hydrogen-bond acceptors (Lipinski definition) is 3. The van der Waals surface area contributed by atoms with Crippen LogP contribution in [-0.4, -0.2) is 22.4 Å². The zero-order chi connectivity index (χ0) is 13.3. The van der Waals surface area contributed by atoms with Crippen molar-refractivity contribution in [2.45, 2.75) is 32.9 Å². The van der Waals surface area contributed by atoms with Gasteiger partial charge in [-0.3, -0.25) is 15.0 Å². The average Bonchev–Trinajstić information content (AvgIpc) is 2.60. The number of hydrogen-bond donors (Lipinski definition) is 0. The summed E-state index contributed by atoms with van der Waals surface area (Å²) >= 11 is 3.36. The van der Waals surface area contributed by atoms with Gasteiger partial charge in [0, 0.05) is 25.2 Å². The van der Waals surface area contributed by atoms with Gasteiger partial charge in [0.25, 0.3) is 5.69 Å². The fourth-order valence-electron chi connectivity index (χ4n) is 2.65. The highest BCUT2D eigenvalue weighted by atomic mass is 79.9. The predicted octanol–water partition coefficient (Wildman–Crippen LogP) is 3.59. The topological polar surface area (TPSA) is 46.4 Å². The first-order chi connectivity index (χ1) is 8.49. The number of rotatable bonds is 3. The van der Waals surface area contributed by atoms with Crippen LogP contribution in [0.4, 0.5) is 5.69 Å². The maximum atomic E-state index is 10.9. The van der Waals surface area contributed by atoms with E-state index in [1.165, 1.54) is 12.5 Å². The van der Waals surface area contributed by atoms with E-state index in [-0.39, 0.29) is 10.6 Å². The third kappa shape index (κ3) is 2.72. The molecule has 1 aliphatic rings. The first kappa shape index (κ1) is 13.5. The first-order valence-electron chi connectivity index (χ1n) is 6.15. The Labute approximate surface area is 115 Å². The van der Waals surface area contributed by atoms with Crippen molar-refractivity contribution in [2.24, 2.45) is 5.92 Å². The highest BCUT2D eigenvalue weighted by molar-refractivity contribution is 9.10. The van der Waals surface area contributed by atoms with Crippen molar-refractivity contribution >= 4 is 21.6 Å². The lowest BCUT2D eigenvalue weighted by atomic mass is 10.1. The smallest absolute Gasteiger partial charge is 0.283 e. The molecule has 98 valence electrons. The summed E-state index contributed by atoms with van der Waals surface area (Å²) in [6.07, 6.45) is 1.20. The lowest BCUT2D eigenvalue weighted by molar-refractivity contribution is -0.385. The first-order valence-corrected chi connectivity index (χ1v) is 6.94. The van der Waals surface area contributed by atoms with Gasteiger partial charge in [0.15, 0.2) is 0 Å². The minimum atomic E-state index is -0.344. The van der Waals surface area contributed by atoms with Gasteiger partial charge >= 0.3 is 0 Å². The molecule has 1 fully saturated rings. The van der Waals surface area contributed by atoms with E-state index in [9.17, 15) is 10.1 Å². The molecule has 0 N–H and O–H groups in total. The Hall–Kier alpha value is -0.940. The summed E-state index contributed by atoms with van der Waals surface area (Å²) in [6, 6.07) is 5.78. The van der Waals surface area contributed by atoms with Crippen LogP contribution in [-0.2, 0) is 6.54 Å². The lowest BCUT2D eigenvalue weighted by Crippen LogP contribution is -2.26. The summed E-state index contributed by atoms with van der Waals surface area (Å²) in [7, 11) is 0. The van der Waals surface area contributed by atoms with Gasteiger partial charge in [0.05, 0.1) is 9.40 Å². The van der Waals surface area contributed by atoms with Gasteiger partial charge in [0.2, 0.25) is 0 Å². The molecule has 0 amide bonds. The van der Waals surface area contributed by atoms with Crippen molar-refractivity contribution in [3.05, 3.63) is 38.3 Å². The van der Waals surface area contributed by atoms with Crippen molar-refractivity contribution in [1.82, 2.24) is 4.90 Å². The molecular formula is C13H17BrN2O2. The Kier molecular flexibility index (Phi) is 4.02. The van der Waals surface area contributed by atoms with Crippen LogP contribution in [0.2, 0.25) is 0 Å². The van der Waals surface area contributed by atoms with Crippen LogP contribution in [0.15, 0.2) is 22.7 Å². The summed E-state index contributed by atoms with van der Waals surface area (Å²) < 4.78 is 0.613. The minimum Gasteiger partial charge on any atom is -0.296 e. The number of nitrogens with zero attached hydrogens (tertiary/aromatic N) is 2. The van der Waals surface area contributed by atoms with E-state index < -0.39 is 0 Å². The molecule has 2 unspecified atom stereocenters. The average molecular weight is 313 g/mol. The molecule has 1 saturated heterocycles. The fraction of sp³-hybridized carbons (Fsp3) is 0.538. The summed E-state index contributed by atoms with van der Waals surface area (Å²) in [4.78, 5) is 12.9. The van der Waals surface area contributed by atoms with Crippen molar-refractivity contribution in [3.8, 4) is 0 Å². The van der Waals surface area contributed by atoms with Crippen LogP contribution in [0.5, 0.6) is 0 Å². The van der Waals surface area contributed by atoms with Gasteiger partial charge in [-0.2, -0.15) is 0 Å². The standard InChI is InChI=1S/C13H17BrN2O2/c1-9-6-10(2)15(7-9)8-11-4-3-5-12(13(11)14)16(17)18/h3-5,9-10H,6-8H2,1-2H3. The number of nitro groups is 1. The molecule has 2 atom stereocenters. The Balaban J connectivity index is 2.19. The van der Waals surface area contributed by atoms with Crippen molar-refractivity contribution in [1.29, 1.82) is 0 Å². The van der Waals surface area contributed by atoms with Crippen LogP contribution < -0.4 is 0 Å². The van der Waals surface area contributed by atoms with E-state index in [1.54, 1.807) is 6.07 Å². The van der Waals surface area contributed by atoms with Crippen molar-refractivity contribution < 1.29 is 4.92 Å². The third-order valence-electron chi connectivity index (χ3n) is 3.54. The van der Waals surface area contributed by atoms with Crippen LogP contribution >= 0.6 is 15.9 Å². The Morgan fingerprint density at radius 3 is 2.78 bits per heavy atom. The molecule has 4 nitrogen and oxygen atoms in total. The molecule has 5 heteroatoms. The zero-order valence-corrected chi connectivity index (χ0v) is 12.2. The quantitative estimate of drug-likeness (QED) is 0.633. The lowest BCUT2D eigenvalue weighted by Gasteiger charge is -2.21. The number of likely N-dealkylation sites (tertiary alicyclic amines) is 1. The summed E-state index contributed by atoms with van der Waals surface area (Å²) in [5.74, 6) is 0.706. The van der Waals surface area contributed by atoms with E-state index in [1.807, 2.05) is 6.07 Å². The van der Waals surface area contributed by atoms with E-state index >= 15 is 0 Å². The molecule has 1 heterocycles. The molecule has 1 aromatic rings. The summed E-state index contributed by atoms with van der Waals surface area (Å²) in [5, 5.41) is 10.9. The number of nitro benzene ring substituents is 1. The third-order valence-corrected chi connectivity index (χ3v) is 4.46. The molecule has 0 aromatic heterocycles. The van der Waals surface area contributed by atoms with Crippen molar-refractivity contribution in [3.63, 3.8) is 0 Å². The van der Waals surface area contributed by atoms with Gasteiger partial charge in [0.1, 0.15) is 0 Å². The Bertz CT molecular complexity index is 464. The molecule has 0 aliphatic carbocycles. The monoisotopic (exact) mass is 312 g/mol. The molecule has 1 aliphatic heterocycles. The second-order valence-electron chi connectivity index (χ2n) is 5.13. The predicted molar refractivity (Wildman–Crippen MR) is 74.4 cm³/mol. The number of halogens is 1. The largest absolute Gasteiger partial charge is 0.296 e. The SMILES string of the molecule is CC1CC(C)N(Cc2cccc([N+](=O)[O-])c2Br)C1. The molecule has 0 radical (unpaired) electrons. The maximum Gasteiger partial charge on any atom is 0.283 e. The van der Waals surface area contributed by atoms with Gasteiger partial charge in [-0.15, -0.1) is 0 Å². The van der Waals surface area contributed by atoms with E-state index in [4.69, 9.17) is 0 Å². The Morgan fingerprint density at radius 1 is 1.50 bits per heavy atom. The van der Waals surface area contributed by atoms with Crippen LogP contribution in [0.25, 0.3) is 0 Å². The molecule has 1 aromatic carbocycles.